The van der Waals surface area contributed by atoms with Crippen molar-refractivity contribution < 1.29 is 4.79 Å². The van der Waals surface area contributed by atoms with Gasteiger partial charge in [-0.1, -0.05) is 48.5 Å². The number of amides is 1. The summed E-state index contributed by atoms with van der Waals surface area (Å²) in [7, 11) is 1.87. The van der Waals surface area contributed by atoms with Crippen LogP contribution in [0.25, 0.3) is 22.3 Å². The molecule has 0 N–H and O–H groups in total. The van der Waals surface area contributed by atoms with Crippen molar-refractivity contribution in [2.75, 3.05) is 4.90 Å². The normalized spacial score (nSPS) is 15.7. The number of hydrogen-bond acceptors (Lipinski definition) is 3. The lowest BCUT2D eigenvalue weighted by molar-refractivity contribution is 0.0983. The maximum absolute atomic E-state index is 13.8. The first-order valence-electron chi connectivity index (χ1n) is 9.86. The van der Waals surface area contributed by atoms with Crippen LogP contribution in [0.1, 0.15) is 28.5 Å². The fourth-order valence-corrected chi connectivity index (χ4v) is 4.38. The Balaban J connectivity index is 1.73. The molecule has 5 rings (SSSR count). The molecule has 1 aliphatic rings. The Morgan fingerprint density at radius 1 is 1.07 bits per heavy atom. The molecule has 0 spiro atoms. The molecule has 1 aliphatic heterocycles. The summed E-state index contributed by atoms with van der Waals surface area (Å²) in [6.45, 7) is 4.04. The van der Waals surface area contributed by atoms with E-state index in [1.54, 1.807) is 4.68 Å². The monoisotopic (exact) mass is 382 g/mol. The van der Waals surface area contributed by atoms with Crippen LogP contribution >= 0.6 is 0 Å². The Bertz CT molecular complexity index is 1240. The van der Waals surface area contributed by atoms with Crippen LogP contribution < -0.4 is 4.90 Å². The summed E-state index contributed by atoms with van der Waals surface area (Å²) in [6, 6.07) is 20.2. The van der Waals surface area contributed by atoms with E-state index in [0.717, 1.165) is 40.1 Å². The molecule has 5 nitrogen and oxygen atoms in total. The summed E-state index contributed by atoms with van der Waals surface area (Å²) in [5, 5.41) is 5.37. The fraction of sp³-hybridized carbons (Fsp3) is 0.208. The highest BCUT2D eigenvalue weighted by Crippen LogP contribution is 2.35. The largest absolute Gasteiger partial charge is 0.305 e. The number of benzene rings is 2. The van der Waals surface area contributed by atoms with Crippen molar-refractivity contribution in [3.8, 4) is 11.3 Å². The SMILES string of the molecule is Cc1nn(C)c2nc(-c3ccccc3)cc(C(=O)N3c4ccccc4CC3C)c12. The van der Waals surface area contributed by atoms with E-state index in [1.807, 2.05) is 73.5 Å². The summed E-state index contributed by atoms with van der Waals surface area (Å²) >= 11 is 0. The Morgan fingerprint density at radius 2 is 1.79 bits per heavy atom. The second-order valence-corrected chi connectivity index (χ2v) is 7.69. The van der Waals surface area contributed by atoms with E-state index in [9.17, 15) is 4.79 Å². The molecule has 1 amide bonds. The molecule has 0 fully saturated rings. The van der Waals surface area contributed by atoms with Crippen molar-refractivity contribution >= 4 is 22.6 Å². The van der Waals surface area contributed by atoms with Gasteiger partial charge in [-0.25, -0.2) is 4.98 Å². The molecule has 144 valence electrons. The smallest absolute Gasteiger partial charge is 0.259 e. The number of nitrogens with zero attached hydrogens (tertiary/aromatic N) is 4. The van der Waals surface area contributed by atoms with Crippen molar-refractivity contribution in [1.82, 2.24) is 14.8 Å². The third-order valence-electron chi connectivity index (χ3n) is 5.69. The standard InChI is InChI=1S/C24H22N4O/c1-15-13-18-11-7-8-12-21(18)28(15)24(29)19-14-20(17-9-5-4-6-10-17)25-23-22(19)16(2)26-27(23)3/h4-12,14-15H,13H2,1-3H3. The third kappa shape index (κ3) is 2.73. The zero-order valence-electron chi connectivity index (χ0n) is 16.8. The molecule has 0 radical (unpaired) electrons. The van der Waals surface area contributed by atoms with Gasteiger partial charge in [-0.3, -0.25) is 9.48 Å². The number of pyridine rings is 1. The van der Waals surface area contributed by atoms with Crippen LogP contribution in [0.4, 0.5) is 5.69 Å². The molecule has 0 aliphatic carbocycles. The average Bonchev–Trinajstić information content (AvgIpc) is 3.22. The maximum atomic E-state index is 13.8. The van der Waals surface area contributed by atoms with E-state index in [0.29, 0.717) is 5.56 Å². The minimum absolute atomic E-state index is 0.00290. The Hall–Kier alpha value is -3.47. The molecular formula is C24H22N4O. The summed E-state index contributed by atoms with van der Waals surface area (Å²) < 4.78 is 1.76. The number of carbonyl (C=O) groups is 1. The molecule has 0 bridgehead atoms. The second kappa shape index (κ2) is 6.55. The van der Waals surface area contributed by atoms with Crippen molar-refractivity contribution in [2.24, 2.45) is 7.05 Å². The first kappa shape index (κ1) is 17.6. The van der Waals surface area contributed by atoms with E-state index in [2.05, 4.69) is 18.1 Å². The highest BCUT2D eigenvalue weighted by molar-refractivity contribution is 6.15. The lowest BCUT2D eigenvalue weighted by Gasteiger charge is -2.23. The minimum Gasteiger partial charge on any atom is -0.305 e. The molecule has 29 heavy (non-hydrogen) atoms. The first-order valence-corrected chi connectivity index (χ1v) is 9.86. The quantitative estimate of drug-likeness (QED) is 0.512. The van der Waals surface area contributed by atoms with Crippen molar-refractivity contribution in [3.05, 3.63) is 77.5 Å². The summed E-state index contributed by atoms with van der Waals surface area (Å²) in [6.07, 6.45) is 0.869. The van der Waals surface area contributed by atoms with Crippen LogP contribution in [0.5, 0.6) is 0 Å². The van der Waals surface area contributed by atoms with Crippen LogP contribution in [-0.4, -0.2) is 26.7 Å². The molecule has 1 atom stereocenters. The number of anilines is 1. The van der Waals surface area contributed by atoms with Gasteiger partial charge < -0.3 is 4.90 Å². The third-order valence-corrected chi connectivity index (χ3v) is 5.69. The highest BCUT2D eigenvalue weighted by atomic mass is 16.2. The van der Waals surface area contributed by atoms with Gasteiger partial charge in [-0.15, -0.1) is 0 Å². The maximum Gasteiger partial charge on any atom is 0.259 e. The minimum atomic E-state index is 0.00290. The zero-order chi connectivity index (χ0) is 20.1. The summed E-state index contributed by atoms with van der Waals surface area (Å²) in [4.78, 5) is 20.6. The Labute approximate surface area is 169 Å². The molecular weight excluding hydrogens is 360 g/mol. The number of hydrogen-bond donors (Lipinski definition) is 0. The molecule has 4 aromatic rings. The van der Waals surface area contributed by atoms with E-state index in [4.69, 9.17) is 4.98 Å². The van der Waals surface area contributed by atoms with Gasteiger partial charge in [0.05, 0.1) is 22.3 Å². The first-order chi connectivity index (χ1) is 14.0. The van der Waals surface area contributed by atoms with Gasteiger partial charge in [0.25, 0.3) is 5.91 Å². The van der Waals surface area contributed by atoms with Crippen LogP contribution in [0.2, 0.25) is 0 Å². The number of aryl methyl sites for hydroxylation is 2. The van der Waals surface area contributed by atoms with Crippen LogP contribution in [0, 0.1) is 6.92 Å². The van der Waals surface area contributed by atoms with Gasteiger partial charge in [0, 0.05) is 24.3 Å². The highest BCUT2D eigenvalue weighted by Gasteiger charge is 2.33. The van der Waals surface area contributed by atoms with E-state index in [-0.39, 0.29) is 11.9 Å². The summed E-state index contributed by atoms with van der Waals surface area (Å²) in [5.41, 5.74) is 6.18. The van der Waals surface area contributed by atoms with E-state index >= 15 is 0 Å². The lowest BCUT2D eigenvalue weighted by Crippen LogP contribution is -2.36. The van der Waals surface area contributed by atoms with Gasteiger partial charge >= 0.3 is 0 Å². The summed E-state index contributed by atoms with van der Waals surface area (Å²) in [5.74, 6) is 0.00290. The van der Waals surface area contributed by atoms with Crippen LogP contribution in [-0.2, 0) is 13.5 Å². The molecule has 1 unspecified atom stereocenters. The second-order valence-electron chi connectivity index (χ2n) is 7.69. The average molecular weight is 382 g/mol. The molecule has 2 aromatic carbocycles. The Kier molecular flexibility index (Phi) is 3.98. The molecule has 0 saturated heterocycles. The van der Waals surface area contributed by atoms with Crippen LogP contribution in [0.15, 0.2) is 60.7 Å². The van der Waals surface area contributed by atoms with Gasteiger partial charge in [0.1, 0.15) is 0 Å². The molecule has 5 heteroatoms. The van der Waals surface area contributed by atoms with E-state index < -0.39 is 0 Å². The van der Waals surface area contributed by atoms with Gasteiger partial charge in [0.15, 0.2) is 5.65 Å². The van der Waals surface area contributed by atoms with Gasteiger partial charge in [-0.2, -0.15) is 5.10 Å². The van der Waals surface area contributed by atoms with Crippen LogP contribution in [0.3, 0.4) is 0 Å². The van der Waals surface area contributed by atoms with Gasteiger partial charge in [0.2, 0.25) is 0 Å². The lowest BCUT2D eigenvalue weighted by atomic mass is 10.0. The zero-order valence-corrected chi connectivity index (χ0v) is 16.8. The molecule has 0 saturated carbocycles. The predicted molar refractivity (Wildman–Crippen MR) is 115 cm³/mol. The topological polar surface area (TPSA) is 51.0 Å². The number of fused-ring (bicyclic) bond motifs is 2. The van der Waals surface area contributed by atoms with E-state index in [1.165, 1.54) is 5.56 Å². The van der Waals surface area contributed by atoms with Crippen molar-refractivity contribution in [2.45, 2.75) is 26.3 Å². The number of rotatable bonds is 2. The molecule has 2 aromatic heterocycles. The Morgan fingerprint density at radius 3 is 2.59 bits per heavy atom. The van der Waals surface area contributed by atoms with Gasteiger partial charge in [-0.05, 0) is 38.0 Å². The molecule has 3 heterocycles. The number of para-hydroxylation sites is 1. The number of aromatic nitrogens is 3. The fourth-order valence-electron chi connectivity index (χ4n) is 4.38. The predicted octanol–water partition coefficient (Wildman–Crippen LogP) is 4.54. The number of carbonyl (C=O) groups excluding carboxylic acids is 1. The van der Waals surface area contributed by atoms with Crippen molar-refractivity contribution in [3.63, 3.8) is 0 Å². The van der Waals surface area contributed by atoms with Crippen molar-refractivity contribution in [1.29, 1.82) is 0 Å².